The number of hydrogen-bond donors (Lipinski definition) is 2. The Bertz CT molecular complexity index is 916. The van der Waals surface area contributed by atoms with Crippen LogP contribution in [0.1, 0.15) is 26.2 Å². The van der Waals surface area contributed by atoms with Gasteiger partial charge >= 0.3 is 0 Å². The van der Waals surface area contributed by atoms with Crippen LogP contribution in [0.15, 0.2) is 53.4 Å². The SMILES string of the molecule is CCS(=O)(=O)c1ccccc1Oc1ccc(NC(=O)C2CCC(N)C2)cc1.Cl. The van der Waals surface area contributed by atoms with E-state index in [0.717, 1.165) is 19.3 Å². The first-order valence-electron chi connectivity index (χ1n) is 9.05. The molecule has 0 heterocycles. The number of halogens is 1. The molecular weight excluding hydrogens is 400 g/mol. The molecule has 2 atom stereocenters. The molecule has 2 unspecified atom stereocenters. The van der Waals surface area contributed by atoms with Crippen molar-refractivity contribution in [2.24, 2.45) is 11.7 Å². The molecule has 152 valence electrons. The zero-order chi connectivity index (χ0) is 19.4. The third-order valence-corrected chi connectivity index (χ3v) is 6.53. The summed E-state index contributed by atoms with van der Waals surface area (Å²) in [5, 5.41) is 2.89. The molecule has 1 saturated carbocycles. The van der Waals surface area contributed by atoms with E-state index >= 15 is 0 Å². The van der Waals surface area contributed by atoms with Gasteiger partial charge in [0.1, 0.15) is 16.4 Å². The van der Waals surface area contributed by atoms with Crippen LogP contribution in [0.25, 0.3) is 0 Å². The standard InChI is InChI=1S/C20H24N2O4S.ClH/c1-2-27(24,25)19-6-4-3-5-18(19)26-17-11-9-16(10-12-17)22-20(23)14-7-8-15(21)13-14;/h3-6,9-12,14-15H,2,7-8,13,21H2,1H3,(H,22,23);1H. The lowest BCUT2D eigenvalue weighted by atomic mass is 10.1. The van der Waals surface area contributed by atoms with Gasteiger partial charge in [0, 0.05) is 17.6 Å². The number of para-hydroxylation sites is 1. The normalized spacial score (nSPS) is 18.9. The number of anilines is 1. The minimum Gasteiger partial charge on any atom is -0.456 e. The summed E-state index contributed by atoms with van der Waals surface area (Å²) in [6.45, 7) is 1.60. The smallest absolute Gasteiger partial charge is 0.227 e. The van der Waals surface area contributed by atoms with Crippen molar-refractivity contribution in [2.45, 2.75) is 37.1 Å². The summed E-state index contributed by atoms with van der Waals surface area (Å²) in [5.74, 6) is 0.729. The van der Waals surface area contributed by atoms with Gasteiger partial charge in [-0.15, -0.1) is 12.4 Å². The molecule has 0 radical (unpaired) electrons. The maximum atomic E-state index is 12.3. The molecular formula is C20H25ClN2O4S. The van der Waals surface area contributed by atoms with E-state index in [9.17, 15) is 13.2 Å². The van der Waals surface area contributed by atoms with Gasteiger partial charge in [-0.05, 0) is 55.7 Å². The Morgan fingerprint density at radius 1 is 1.14 bits per heavy atom. The Kier molecular flexibility index (Phi) is 7.46. The van der Waals surface area contributed by atoms with Crippen molar-refractivity contribution in [3.63, 3.8) is 0 Å². The monoisotopic (exact) mass is 424 g/mol. The fourth-order valence-corrected chi connectivity index (χ4v) is 4.19. The van der Waals surface area contributed by atoms with Crippen molar-refractivity contribution in [1.29, 1.82) is 0 Å². The van der Waals surface area contributed by atoms with Crippen molar-refractivity contribution in [3.8, 4) is 11.5 Å². The Morgan fingerprint density at radius 2 is 1.82 bits per heavy atom. The molecule has 1 amide bonds. The van der Waals surface area contributed by atoms with Crippen molar-refractivity contribution in [3.05, 3.63) is 48.5 Å². The molecule has 6 nitrogen and oxygen atoms in total. The highest BCUT2D eigenvalue weighted by Crippen LogP contribution is 2.30. The van der Waals surface area contributed by atoms with Crippen molar-refractivity contribution in [1.82, 2.24) is 0 Å². The van der Waals surface area contributed by atoms with Crippen LogP contribution in [-0.2, 0) is 14.6 Å². The molecule has 1 aliphatic carbocycles. The van der Waals surface area contributed by atoms with Crippen molar-refractivity contribution in [2.75, 3.05) is 11.1 Å². The summed E-state index contributed by atoms with van der Waals surface area (Å²) in [5.41, 5.74) is 6.53. The summed E-state index contributed by atoms with van der Waals surface area (Å²) in [4.78, 5) is 12.4. The molecule has 1 aliphatic rings. The molecule has 2 aromatic carbocycles. The van der Waals surface area contributed by atoms with Gasteiger partial charge in [-0.25, -0.2) is 8.42 Å². The second-order valence-electron chi connectivity index (χ2n) is 6.74. The summed E-state index contributed by atoms with van der Waals surface area (Å²) in [6.07, 6.45) is 2.41. The molecule has 3 rings (SSSR count). The largest absolute Gasteiger partial charge is 0.456 e. The summed E-state index contributed by atoms with van der Waals surface area (Å²) >= 11 is 0. The number of rotatable bonds is 6. The molecule has 0 saturated heterocycles. The van der Waals surface area contributed by atoms with E-state index in [4.69, 9.17) is 10.5 Å². The quantitative estimate of drug-likeness (QED) is 0.735. The first-order valence-corrected chi connectivity index (χ1v) is 10.7. The number of nitrogens with one attached hydrogen (secondary N) is 1. The Balaban J connectivity index is 0.00000280. The number of amides is 1. The maximum absolute atomic E-state index is 12.3. The summed E-state index contributed by atoms with van der Waals surface area (Å²) in [6, 6.07) is 13.5. The van der Waals surface area contributed by atoms with Crippen molar-refractivity contribution < 1.29 is 17.9 Å². The molecule has 28 heavy (non-hydrogen) atoms. The fourth-order valence-electron chi connectivity index (χ4n) is 3.18. The average molecular weight is 425 g/mol. The van der Waals surface area contributed by atoms with Crippen LogP contribution < -0.4 is 15.8 Å². The molecule has 0 spiro atoms. The van der Waals surface area contributed by atoms with Gasteiger partial charge in [-0.3, -0.25) is 4.79 Å². The number of carbonyl (C=O) groups is 1. The van der Waals surface area contributed by atoms with Gasteiger partial charge < -0.3 is 15.8 Å². The summed E-state index contributed by atoms with van der Waals surface area (Å²) in [7, 11) is -3.38. The van der Waals surface area contributed by atoms with E-state index < -0.39 is 9.84 Å². The molecule has 8 heteroatoms. The number of carbonyl (C=O) groups excluding carboxylic acids is 1. The molecule has 3 N–H and O–H groups in total. The van der Waals surface area contributed by atoms with Crippen LogP contribution in [0, 0.1) is 5.92 Å². The first-order chi connectivity index (χ1) is 12.9. The Labute approximate surface area is 171 Å². The number of ether oxygens (including phenoxy) is 1. The second-order valence-corrected chi connectivity index (χ2v) is 8.98. The average Bonchev–Trinajstić information content (AvgIpc) is 3.10. The zero-order valence-electron chi connectivity index (χ0n) is 15.6. The van der Waals surface area contributed by atoms with Gasteiger partial charge in [-0.1, -0.05) is 19.1 Å². The van der Waals surface area contributed by atoms with Crippen LogP contribution in [0.3, 0.4) is 0 Å². The zero-order valence-corrected chi connectivity index (χ0v) is 17.3. The lowest BCUT2D eigenvalue weighted by Crippen LogP contribution is -2.23. The van der Waals surface area contributed by atoms with Gasteiger partial charge in [0.05, 0.1) is 5.75 Å². The van der Waals surface area contributed by atoms with Crippen LogP contribution in [0.5, 0.6) is 11.5 Å². The fraction of sp³-hybridized carbons (Fsp3) is 0.350. The van der Waals surface area contributed by atoms with E-state index in [2.05, 4.69) is 5.32 Å². The predicted octanol–water partition coefficient (Wildman–Crippen LogP) is 3.76. The van der Waals surface area contributed by atoms with Crippen LogP contribution in [0.2, 0.25) is 0 Å². The number of nitrogens with two attached hydrogens (primary N) is 1. The van der Waals surface area contributed by atoms with Crippen LogP contribution >= 0.6 is 12.4 Å². The lowest BCUT2D eigenvalue weighted by Gasteiger charge is -2.13. The summed E-state index contributed by atoms with van der Waals surface area (Å²) < 4.78 is 30.2. The molecule has 0 aliphatic heterocycles. The Morgan fingerprint density at radius 3 is 2.43 bits per heavy atom. The van der Waals surface area contributed by atoms with Gasteiger partial charge in [0.2, 0.25) is 5.91 Å². The van der Waals surface area contributed by atoms with Crippen LogP contribution in [0.4, 0.5) is 5.69 Å². The maximum Gasteiger partial charge on any atom is 0.227 e. The first kappa shape index (κ1) is 22.2. The third-order valence-electron chi connectivity index (χ3n) is 4.76. The molecule has 0 aromatic heterocycles. The third kappa shape index (κ3) is 5.25. The molecule has 0 bridgehead atoms. The highest BCUT2D eigenvalue weighted by Gasteiger charge is 2.27. The van der Waals surface area contributed by atoms with E-state index in [1.807, 2.05) is 0 Å². The predicted molar refractivity (Wildman–Crippen MR) is 112 cm³/mol. The highest BCUT2D eigenvalue weighted by atomic mass is 35.5. The molecule has 1 fully saturated rings. The van der Waals surface area contributed by atoms with E-state index in [0.29, 0.717) is 11.4 Å². The van der Waals surface area contributed by atoms with E-state index in [-0.39, 0.29) is 46.7 Å². The van der Waals surface area contributed by atoms with Gasteiger partial charge in [0.15, 0.2) is 9.84 Å². The molecule has 2 aromatic rings. The van der Waals surface area contributed by atoms with Crippen molar-refractivity contribution >= 4 is 33.8 Å². The Hall–Kier alpha value is -2.09. The number of benzene rings is 2. The topological polar surface area (TPSA) is 98.5 Å². The second kappa shape index (κ2) is 9.41. The van der Waals surface area contributed by atoms with E-state index in [1.54, 1.807) is 49.4 Å². The van der Waals surface area contributed by atoms with E-state index in [1.165, 1.54) is 6.07 Å². The van der Waals surface area contributed by atoms with Crippen LogP contribution in [-0.4, -0.2) is 26.1 Å². The minimum atomic E-state index is -3.38. The number of sulfone groups is 1. The minimum absolute atomic E-state index is 0. The number of hydrogen-bond acceptors (Lipinski definition) is 5. The lowest BCUT2D eigenvalue weighted by molar-refractivity contribution is -0.119. The van der Waals surface area contributed by atoms with Gasteiger partial charge in [0.25, 0.3) is 0 Å². The van der Waals surface area contributed by atoms with Gasteiger partial charge in [-0.2, -0.15) is 0 Å². The highest BCUT2D eigenvalue weighted by molar-refractivity contribution is 7.91.